The van der Waals surface area contributed by atoms with Crippen molar-refractivity contribution in [2.45, 2.75) is 13.3 Å². The summed E-state index contributed by atoms with van der Waals surface area (Å²) in [5, 5.41) is 13.2. The van der Waals surface area contributed by atoms with Crippen molar-refractivity contribution >= 4 is 12.0 Å². The number of nitrogens with one attached hydrogen (secondary N) is 2. The molecule has 0 saturated heterocycles. The van der Waals surface area contributed by atoms with Crippen LogP contribution in [0, 0.1) is 6.92 Å². The van der Waals surface area contributed by atoms with Crippen molar-refractivity contribution in [3.8, 4) is 0 Å². The number of hydrogen-bond donors (Lipinski definition) is 3. The lowest BCUT2D eigenvalue weighted by molar-refractivity contribution is -0.132. The largest absolute Gasteiger partial charge is 0.478 e. The molecule has 0 spiro atoms. The molecule has 73 valence electrons. The van der Waals surface area contributed by atoms with Crippen LogP contribution in [0.5, 0.6) is 0 Å². The van der Waals surface area contributed by atoms with E-state index in [4.69, 9.17) is 5.11 Å². The molecule has 0 aromatic rings. The van der Waals surface area contributed by atoms with Crippen molar-refractivity contribution in [2.75, 3.05) is 6.54 Å². The van der Waals surface area contributed by atoms with E-state index >= 15 is 0 Å². The first-order chi connectivity index (χ1) is 6.07. The van der Waals surface area contributed by atoms with E-state index in [-0.39, 0.29) is 5.57 Å². The minimum absolute atomic E-state index is 0.0739. The molecule has 0 aromatic heterocycles. The van der Waals surface area contributed by atoms with Gasteiger partial charge in [-0.25, -0.2) is 9.59 Å². The van der Waals surface area contributed by atoms with Crippen molar-refractivity contribution in [1.29, 1.82) is 0 Å². The van der Waals surface area contributed by atoms with Crippen LogP contribution < -0.4 is 10.6 Å². The number of hydrogen-bond acceptors (Lipinski definition) is 2. The standard InChI is InChI=1S/C8H13N2O3/c1-3-4-9-8(13)10-5-6(2)7(11)12/h5H,1,3-4H2,2H3,(H,11,12)(H2,9,10,13). The van der Waals surface area contributed by atoms with Gasteiger partial charge in [-0.15, -0.1) is 0 Å². The molecule has 5 heteroatoms. The number of urea groups is 1. The van der Waals surface area contributed by atoms with Crippen LogP contribution in [0.4, 0.5) is 4.79 Å². The maximum Gasteiger partial charge on any atom is 0.332 e. The summed E-state index contributed by atoms with van der Waals surface area (Å²) in [5.74, 6) is -1.06. The fraction of sp³-hybridized carbons (Fsp3) is 0.375. The summed E-state index contributed by atoms with van der Waals surface area (Å²) in [6.07, 6.45) is 1.73. The summed E-state index contributed by atoms with van der Waals surface area (Å²) in [5.41, 5.74) is 0.0739. The molecule has 0 unspecified atom stereocenters. The topological polar surface area (TPSA) is 78.4 Å². The molecule has 0 aliphatic rings. The zero-order valence-corrected chi connectivity index (χ0v) is 7.46. The average molecular weight is 185 g/mol. The number of amides is 2. The van der Waals surface area contributed by atoms with Crippen LogP contribution in [-0.4, -0.2) is 23.7 Å². The van der Waals surface area contributed by atoms with Crippen molar-refractivity contribution in [1.82, 2.24) is 10.6 Å². The summed E-state index contributed by atoms with van der Waals surface area (Å²) in [7, 11) is 0. The molecule has 0 saturated carbocycles. The summed E-state index contributed by atoms with van der Waals surface area (Å²) < 4.78 is 0. The Kier molecular flexibility index (Phi) is 5.34. The zero-order chi connectivity index (χ0) is 10.3. The SMILES string of the molecule is [CH2]CCNC(=O)NC=C(C)C(=O)O. The van der Waals surface area contributed by atoms with Gasteiger partial charge in [0.1, 0.15) is 0 Å². The van der Waals surface area contributed by atoms with Crippen LogP contribution in [0.2, 0.25) is 0 Å². The van der Waals surface area contributed by atoms with E-state index in [0.717, 1.165) is 6.20 Å². The number of carbonyl (C=O) groups is 2. The van der Waals surface area contributed by atoms with Crippen LogP contribution >= 0.6 is 0 Å². The minimum atomic E-state index is -1.06. The monoisotopic (exact) mass is 185 g/mol. The highest BCUT2D eigenvalue weighted by molar-refractivity contribution is 5.86. The molecule has 3 N–H and O–H groups in total. The number of aliphatic carboxylic acids is 1. The van der Waals surface area contributed by atoms with Gasteiger partial charge in [-0.3, -0.25) is 0 Å². The Hall–Kier alpha value is -1.52. The minimum Gasteiger partial charge on any atom is -0.478 e. The molecule has 0 rings (SSSR count). The number of carboxylic acid groups (broad SMARTS) is 1. The third kappa shape index (κ3) is 5.72. The first kappa shape index (κ1) is 11.5. The Morgan fingerprint density at radius 3 is 2.62 bits per heavy atom. The van der Waals surface area contributed by atoms with E-state index < -0.39 is 12.0 Å². The van der Waals surface area contributed by atoms with Gasteiger partial charge in [0.25, 0.3) is 0 Å². The lowest BCUT2D eigenvalue weighted by Gasteiger charge is -2.02. The molecule has 0 atom stereocenters. The molecule has 2 amide bonds. The van der Waals surface area contributed by atoms with Gasteiger partial charge in [-0.05, 0) is 13.3 Å². The second kappa shape index (κ2) is 6.05. The molecule has 0 aliphatic carbocycles. The van der Waals surface area contributed by atoms with E-state index in [2.05, 4.69) is 17.6 Å². The molecule has 0 heterocycles. The lowest BCUT2D eigenvalue weighted by Crippen LogP contribution is -2.33. The van der Waals surface area contributed by atoms with E-state index in [1.54, 1.807) is 0 Å². The summed E-state index contributed by atoms with van der Waals surface area (Å²) in [4.78, 5) is 21.1. The van der Waals surface area contributed by atoms with E-state index in [9.17, 15) is 9.59 Å². The van der Waals surface area contributed by atoms with Crippen molar-refractivity contribution in [2.24, 2.45) is 0 Å². The van der Waals surface area contributed by atoms with Gasteiger partial charge in [0.05, 0.1) is 5.57 Å². The molecule has 0 aliphatic heterocycles. The van der Waals surface area contributed by atoms with Crippen LogP contribution in [0.1, 0.15) is 13.3 Å². The van der Waals surface area contributed by atoms with Gasteiger partial charge in [0, 0.05) is 12.7 Å². The van der Waals surface area contributed by atoms with Crippen LogP contribution in [0.15, 0.2) is 11.8 Å². The Balaban J connectivity index is 3.80. The Labute approximate surface area is 76.8 Å². The summed E-state index contributed by atoms with van der Waals surface area (Å²) in [6.45, 7) is 5.39. The van der Waals surface area contributed by atoms with Crippen molar-refractivity contribution in [3.05, 3.63) is 18.7 Å². The van der Waals surface area contributed by atoms with E-state index in [0.29, 0.717) is 13.0 Å². The van der Waals surface area contributed by atoms with Gasteiger partial charge >= 0.3 is 12.0 Å². The second-order valence-corrected chi connectivity index (χ2v) is 2.39. The molecule has 0 aromatic carbocycles. The third-order valence-electron chi connectivity index (χ3n) is 1.22. The Morgan fingerprint density at radius 1 is 1.54 bits per heavy atom. The molecule has 0 bridgehead atoms. The van der Waals surface area contributed by atoms with Crippen LogP contribution in [0.3, 0.4) is 0 Å². The highest BCUT2D eigenvalue weighted by Crippen LogP contribution is 1.87. The first-order valence-corrected chi connectivity index (χ1v) is 3.81. The van der Waals surface area contributed by atoms with Crippen LogP contribution in [0.25, 0.3) is 0 Å². The summed E-state index contributed by atoms with van der Waals surface area (Å²) in [6, 6.07) is -0.427. The van der Waals surface area contributed by atoms with Gasteiger partial charge in [-0.2, -0.15) is 0 Å². The van der Waals surface area contributed by atoms with Gasteiger partial charge < -0.3 is 15.7 Å². The highest BCUT2D eigenvalue weighted by Gasteiger charge is 2.00. The predicted octanol–water partition coefficient (Wildman–Crippen LogP) is 0.498. The normalized spacial score (nSPS) is 10.8. The lowest BCUT2D eigenvalue weighted by atomic mass is 10.3. The fourth-order valence-electron chi connectivity index (χ4n) is 0.488. The van der Waals surface area contributed by atoms with Gasteiger partial charge in [0.15, 0.2) is 0 Å². The maximum absolute atomic E-state index is 10.8. The average Bonchev–Trinajstić information content (AvgIpc) is 2.10. The second-order valence-electron chi connectivity index (χ2n) is 2.39. The molecule has 0 fully saturated rings. The van der Waals surface area contributed by atoms with Crippen molar-refractivity contribution < 1.29 is 14.7 Å². The van der Waals surface area contributed by atoms with Gasteiger partial charge in [-0.1, -0.05) is 6.92 Å². The number of rotatable bonds is 4. The highest BCUT2D eigenvalue weighted by atomic mass is 16.4. The molecular weight excluding hydrogens is 172 g/mol. The Bertz CT molecular complexity index is 223. The smallest absolute Gasteiger partial charge is 0.332 e. The maximum atomic E-state index is 10.8. The van der Waals surface area contributed by atoms with Crippen molar-refractivity contribution in [3.63, 3.8) is 0 Å². The zero-order valence-electron chi connectivity index (χ0n) is 7.46. The molecular formula is C8H13N2O3. The summed E-state index contributed by atoms with van der Waals surface area (Å²) >= 11 is 0. The number of carbonyl (C=O) groups excluding carboxylic acids is 1. The fourth-order valence-corrected chi connectivity index (χ4v) is 0.488. The third-order valence-corrected chi connectivity index (χ3v) is 1.22. The molecule has 1 radical (unpaired) electrons. The quantitative estimate of drug-likeness (QED) is 0.558. The number of carboxylic acids is 1. The van der Waals surface area contributed by atoms with E-state index in [1.165, 1.54) is 6.92 Å². The van der Waals surface area contributed by atoms with Crippen LogP contribution in [-0.2, 0) is 4.79 Å². The Morgan fingerprint density at radius 2 is 2.15 bits per heavy atom. The van der Waals surface area contributed by atoms with Gasteiger partial charge in [0.2, 0.25) is 0 Å². The van der Waals surface area contributed by atoms with E-state index in [1.807, 2.05) is 0 Å². The molecule has 5 nitrogen and oxygen atoms in total. The molecule has 13 heavy (non-hydrogen) atoms. The first-order valence-electron chi connectivity index (χ1n) is 3.81. The predicted molar refractivity (Wildman–Crippen MR) is 47.9 cm³/mol.